The van der Waals surface area contributed by atoms with Crippen LogP contribution in [-0.2, 0) is 6.54 Å². The van der Waals surface area contributed by atoms with E-state index < -0.39 is 4.92 Å². The van der Waals surface area contributed by atoms with Gasteiger partial charge in [-0.1, -0.05) is 6.92 Å². The van der Waals surface area contributed by atoms with Crippen molar-refractivity contribution in [3.8, 4) is 11.5 Å². The maximum Gasteiger partial charge on any atom is 0.277 e. The topological polar surface area (TPSA) is 73.6 Å². The highest BCUT2D eigenvalue weighted by molar-refractivity contribution is 5.54. The lowest BCUT2D eigenvalue weighted by Gasteiger charge is -2.12. The first-order chi connectivity index (χ1) is 9.13. The number of benzene rings is 1. The van der Waals surface area contributed by atoms with Gasteiger partial charge < -0.3 is 14.8 Å². The molecule has 1 rings (SSSR count). The van der Waals surface area contributed by atoms with Crippen LogP contribution in [0.3, 0.4) is 0 Å². The molecule has 106 valence electrons. The van der Waals surface area contributed by atoms with E-state index in [0.29, 0.717) is 30.2 Å². The summed E-state index contributed by atoms with van der Waals surface area (Å²) in [5, 5.41) is 14.2. The summed E-state index contributed by atoms with van der Waals surface area (Å²) in [4.78, 5) is 10.7. The number of nitrogens with one attached hydrogen (secondary N) is 1. The largest absolute Gasteiger partial charge is 0.493 e. The predicted octanol–water partition coefficient (Wildman–Crippen LogP) is 2.50. The monoisotopic (exact) mass is 268 g/mol. The molecule has 0 saturated carbocycles. The Morgan fingerprint density at radius 1 is 1.32 bits per heavy atom. The Kier molecular flexibility index (Phi) is 6.08. The second-order valence-electron chi connectivity index (χ2n) is 4.00. The molecule has 0 aromatic heterocycles. The van der Waals surface area contributed by atoms with E-state index in [1.807, 2.05) is 13.8 Å². The summed E-state index contributed by atoms with van der Waals surface area (Å²) in [5.74, 6) is 0.914. The van der Waals surface area contributed by atoms with Crippen LogP contribution in [0.1, 0.15) is 25.8 Å². The van der Waals surface area contributed by atoms with Gasteiger partial charge in [0.05, 0.1) is 24.7 Å². The highest BCUT2D eigenvalue weighted by Crippen LogP contribution is 2.34. The number of ether oxygens (including phenoxy) is 2. The molecule has 6 heteroatoms. The third-order valence-electron chi connectivity index (χ3n) is 2.60. The molecule has 0 atom stereocenters. The Balaban J connectivity index is 3.09. The summed E-state index contributed by atoms with van der Waals surface area (Å²) < 4.78 is 10.6. The van der Waals surface area contributed by atoms with E-state index in [9.17, 15) is 10.1 Å². The van der Waals surface area contributed by atoms with E-state index in [2.05, 4.69) is 5.32 Å². The minimum absolute atomic E-state index is 0.0453. The molecule has 6 nitrogen and oxygen atoms in total. The van der Waals surface area contributed by atoms with E-state index in [4.69, 9.17) is 9.47 Å². The fraction of sp³-hybridized carbons (Fsp3) is 0.538. The maximum absolute atomic E-state index is 11.1. The zero-order valence-corrected chi connectivity index (χ0v) is 11.6. The van der Waals surface area contributed by atoms with Gasteiger partial charge in [-0.2, -0.15) is 0 Å². The van der Waals surface area contributed by atoms with Gasteiger partial charge in [0.25, 0.3) is 5.69 Å². The SMILES string of the molecule is CCCNCc1cc(OCC)c(OC)cc1[N+](=O)[O-]. The molecule has 19 heavy (non-hydrogen) atoms. The molecule has 0 bridgehead atoms. The molecule has 0 aliphatic heterocycles. The third-order valence-corrected chi connectivity index (χ3v) is 2.60. The zero-order chi connectivity index (χ0) is 14.3. The fourth-order valence-electron chi connectivity index (χ4n) is 1.73. The van der Waals surface area contributed by atoms with Crippen LogP contribution in [0.5, 0.6) is 11.5 Å². The van der Waals surface area contributed by atoms with E-state index in [1.54, 1.807) is 6.07 Å². The van der Waals surface area contributed by atoms with Crippen molar-refractivity contribution >= 4 is 5.69 Å². The van der Waals surface area contributed by atoms with Gasteiger partial charge in [-0.05, 0) is 26.0 Å². The summed E-state index contributed by atoms with van der Waals surface area (Å²) in [6.07, 6.45) is 0.974. The lowest BCUT2D eigenvalue weighted by Crippen LogP contribution is -2.15. The van der Waals surface area contributed by atoms with Gasteiger partial charge in [0.1, 0.15) is 0 Å². The Bertz CT molecular complexity index is 435. The minimum Gasteiger partial charge on any atom is -0.493 e. The first kappa shape index (κ1) is 15.2. The number of nitro benzene ring substituents is 1. The average molecular weight is 268 g/mol. The number of nitro groups is 1. The van der Waals surface area contributed by atoms with Crippen LogP contribution < -0.4 is 14.8 Å². The molecule has 1 aromatic carbocycles. The van der Waals surface area contributed by atoms with Gasteiger partial charge in [0, 0.05) is 12.1 Å². The Labute approximate surface area is 112 Å². The third kappa shape index (κ3) is 4.10. The van der Waals surface area contributed by atoms with Gasteiger partial charge in [0.15, 0.2) is 11.5 Å². The van der Waals surface area contributed by atoms with Crippen molar-refractivity contribution in [2.24, 2.45) is 0 Å². The molecular formula is C13H20N2O4. The Morgan fingerprint density at radius 3 is 2.58 bits per heavy atom. The smallest absolute Gasteiger partial charge is 0.277 e. The normalized spacial score (nSPS) is 10.3. The number of methoxy groups -OCH3 is 1. The van der Waals surface area contributed by atoms with Gasteiger partial charge >= 0.3 is 0 Å². The van der Waals surface area contributed by atoms with Crippen LogP contribution in [0.2, 0.25) is 0 Å². The van der Waals surface area contributed by atoms with E-state index in [-0.39, 0.29) is 5.69 Å². The van der Waals surface area contributed by atoms with Crippen LogP contribution in [-0.4, -0.2) is 25.2 Å². The standard InChI is InChI=1S/C13H20N2O4/c1-4-6-14-9-10-7-13(19-5-2)12(18-3)8-11(10)15(16)17/h7-8,14H,4-6,9H2,1-3H3. The van der Waals surface area contributed by atoms with Crippen molar-refractivity contribution in [2.75, 3.05) is 20.3 Å². The second-order valence-corrected chi connectivity index (χ2v) is 4.00. The molecule has 0 spiro atoms. The predicted molar refractivity (Wildman–Crippen MR) is 72.8 cm³/mol. The van der Waals surface area contributed by atoms with Crippen LogP contribution in [0.25, 0.3) is 0 Å². The summed E-state index contributed by atoms with van der Waals surface area (Å²) in [6, 6.07) is 3.08. The molecule has 0 fully saturated rings. The summed E-state index contributed by atoms with van der Waals surface area (Å²) >= 11 is 0. The highest BCUT2D eigenvalue weighted by atomic mass is 16.6. The van der Waals surface area contributed by atoms with E-state index >= 15 is 0 Å². The van der Waals surface area contributed by atoms with E-state index in [1.165, 1.54) is 13.2 Å². The van der Waals surface area contributed by atoms with Crippen molar-refractivity contribution < 1.29 is 14.4 Å². The first-order valence-electron chi connectivity index (χ1n) is 6.32. The molecule has 0 radical (unpaired) electrons. The van der Waals surface area contributed by atoms with Crippen LogP contribution in [0.15, 0.2) is 12.1 Å². The maximum atomic E-state index is 11.1. The summed E-state index contributed by atoms with van der Waals surface area (Å²) in [7, 11) is 1.47. The molecule has 0 aliphatic carbocycles. The van der Waals surface area contributed by atoms with Gasteiger partial charge in [0.2, 0.25) is 0 Å². The number of rotatable bonds is 8. The Hall–Kier alpha value is -1.82. The lowest BCUT2D eigenvalue weighted by molar-refractivity contribution is -0.385. The molecule has 0 saturated heterocycles. The van der Waals surface area contributed by atoms with Crippen molar-refractivity contribution in [3.05, 3.63) is 27.8 Å². The summed E-state index contributed by atoms with van der Waals surface area (Å²) in [5.41, 5.74) is 0.645. The number of hydrogen-bond donors (Lipinski definition) is 1. The molecule has 1 N–H and O–H groups in total. The van der Waals surface area contributed by atoms with Gasteiger partial charge in [-0.15, -0.1) is 0 Å². The second kappa shape index (κ2) is 7.58. The molecule has 0 aliphatic rings. The zero-order valence-electron chi connectivity index (χ0n) is 11.6. The van der Waals surface area contributed by atoms with Gasteiger partial charge in [-0.25, -0.2) is 0 Å². The first-order valence-corrected chi connectivity index (χ1v) is 6.32. The molecule has 1 aromatic rings. The lowest BCUT2D eigenvalue weighted by atomic mass is 10.1. The molecule has 0 heterocycles. The van der Waals surface area contributed by atoms with Crippen molar-refractivity contribution in [1.82, 2.24) is 5.32 Å². The van der Waals surface area contributed by atoms with Crippen molar-refractivity contribution in [2.45, 2.75) is 26.8 Å². The average Bonchev–Trinajstić information content (AvgIpc) is 2.39. The van der Waals surface area contributed by atoms with Crippen molar-refractivity contribution in [1.29, 1.82) is 0 Å². The summed E-state index contributed by atoms with van der Waals surface area (Å²) in [6.45, 7) is 5.63. The van der Waals surface area contributed by atoms with Crippen LogP contribution >= 0.6 is 0 Å². The number of nitrogens with zero attached hydrogens (tertiary/aromatic N) is 1. The minimum atomic E-state index is -0.402. The van der Waals surface area contributed by atoms with Crippen molar-refractivity contribution in [3.63, 3.8) is 0 Å². The van der Waals surface area contributed by atoms with Crippen LogP contribution in [0.4, 0.5) is 5.69 Å². The Morgan fingerprint density at radius 2 is 2.05 bits per heavy atom. The molecule has 0 unspecified atom stereocenters. The quantitative estimate of drug-likeness (QED) is 0.445. The molecular weight excluding hydrogens is 248 g/mol. The van der Waals surface area contributed by atoms with E-state index in [0.717, 1.165) is 13.0 Å². The fourth-order valence-corrected chi connectivity index (χ4v) is 1.73. The van der Waals surface area contributed by atoms with Gasteiger partial charge in [-0.3, -0.25) is 10.1 Å². The van der Waals surface area contributed by atoms with Crippen LogP contribution in [0, 0.1) is 10.1 Å². The molecule has 0 amide bonds. The highest BCUT2D eigenvalue weighted by Gasteiger charge is 2.19. The number of hydrogen-bond acceptors (Lipinski definition) is 5.